The van der Waals surface area contributed by atoms with Crippen molar-refractivity contribution in [3.05, 3.63) is 101 Å². The number of aryl methyl sites for hydroxylation is 1. The van der Waals surface area contributed by atoms with Crippen LogP contribution in [0.4, 0.5) is 10.1 Å². The average molecular weight is 582 g/mol. The molecule has 0 radical (unpaired) electrons. The lowest BCUT2D eigenvalue weighted by molar-refractivity contribution is -0.141. The number of amides is 2. The molecule has 0 heterocycles. The van der Waals surface area contributed by atoms with Crippen LogP contribution >= 0.6 is 0 Å². The van der Waals surface area contributed by atoms with Gasteiger partial charge in [-0.25, -0.2) is 12.8 Å². The van der Waals surface area contributed by atoms with Gasteiger partial charge in [0.05, 0.1) is 11.9 Å². The van der Waals surface area contributed by atoms with E-state index in [1.165, 1.54) is 21.3 Å². The van der Waals surface area contributed by atoms with E-state index < -0.39 is 16.1 Å². The summed E-state index contributed by atoms with van der Waals surface area (Å²) in [5.74, 6) is -0.719. The Kier molecular flexibility index (Phi) is 11.5. The van der Waals surface area contributed by atoms with Crippen molar-refractivity contribution in [2.24, 2.45) is 5.92 Å². The second-order valence-electron chi connectivity index (χ2n) is 10.8. The molecule has 0 aromatic heterocycles. The van der Waals surface area contributed by atoms with Gasteiger partial charge in [0.2, 0.25) is 21.8 Å². The Labute approximate surface area is 243 Å². The SMILES string of the molecule is Cc1cccc(N(CCCC(=O)N(Cc2ccc(F)cc2)C(Cc2ccccc2)C(=O)NCC(C)C)S(C)(=O)=O)c1. The van der Waals surface area contributed by atoms with Gasteiger partial charge in [-0.05, 0) is 60.2 Å². The van der Waals surface area contributed by atoms with Gasteiger partial charge in [-0.3, -0.25) is 13.9 Å². The van der Waals surface area contributed by atoms with Crippen molar-refractivity contribution < 1.29 is 22.4 Å². The monoisotopic (exact) mass is 581 g/mol. The Bertz CT molecular complexity index is 1400. The Balaban J connectivity index is 1.87. The van der Waals surface area contributed by atoms with E-state index in [2.05, 4.69) is 5.32 Å². The van der Waals surface area contributed by atoms with Crippen molar-refractivity contribution in [3.63, 3.8) is 0 Å². The molecule has 0 saturated carbocycles. The standard InChI is InChI=1S/C32H40FN3O4S/c1-24(2)22-34-32(38)30(21-26-11-6-5-7-12-26)35(23-27-15-17-28(33)18-16-27)31(37)14-9-19-36(41(4,39)40)29-13-8-10-25(3)20-29/h5-8,10-13,15-18,20,24,30H,9,14,19,21-23H2,1-4H3,(H,34,38). The third-order valence-electron chi connectivity index (χ3n) is 6.66. The zero-order valence-electron chi connectivity index (χ0n) is 24.2. The number of nitrogens with one attached hydrogen (secondary N) is 1. The van der Waals surface area contributed by atoms with E-state index >= 15 is 0 Å². The van der Waals surface area contributed by atoms with Crippen LogP contribution in [0.3, 0.4) is 0 Å². The number of halogens is 1. The maximum atomic E-state index is 13.8. The summed E-state index contributed by atoms with van der Waals surface area (Å²) in [4.78, 5) is 28.9. The third kappa shape index (κ3) is 10.0. The van der Waals surface area contributed by atoms with E-state index in [1.54, 1.807) is 30.3 Å². The molecule has 0 spiro atoms. The van der Waals surface area contributed by atoms with Crippen LogP contribution < -0.4 is 9.62 Å². The maximum Gasteiger partial charge on any atom is 0.243 e. The molecule has 0 saturated heterocycles. The van der Waals surface area contributed by atoms with Gasteiger partial charge in [0.15, 0.2) is 0 Å². The van der Waals surface area contributed by atoms with E-state index in [-0.39, 0.29) is 49.5 Å². The summed E-state index contributed by atoms with van der Waals surface area (Å²) >= 11 is 0. The smallest absolute Gasteiger partial charge is 0.243 e. The first-order valence-electron chi connectivity index (χ1n) is 13.8. The number of anilines is 1. The third-order valence-corrected chi connectivity index (χ3v) is 7.86. The molecule has 7 nitrogen and oxygen atoms in total. The Morgan fingerprint density at radius 1 is 0.927 bits per heavy atom. The van der Waals surface area contributed by atoms with E-state index in [4.69, 9.17) is 0 Å². The second-order valence-corrected chi connectivity index (χ2v) is 12.7. The fraction of sp³-hybridized carbons (Fsp3) is 0.375. The molecule has 3 aromatic carbocycles. The summed E-state index contributed by atoms with van der Waals surface area (Å²) in [5.41, 5.74) is 3.05. The minimum atomic E-state index is -3.58. The molecule has 0 fully saturated rings. The van der Waals surface area contributed by atoms with Gasteiger partial charge in [-0.1, -0.05) is 68.4 Å². The molecule has 0 aliphatic rings. The Hall–Kier alpha value is -3.72. The number of nitrogens with zero attached hydrogens (tertiary/aromatic N) is 2. The molecule has 2 amide bonds. The number of carbonyl (C=O) groups excluding carboxylic acids is 2. The van der Waals surface area contributed by atoms with Crippen molar-refractivity contribution in [3.8, 4) is 0 Å². The molecule has 1 N–H and O–H groups in total. The van der Waals surface area contributed by atoms with Gasteiger partial charge in [0.1, 0.15) is 11.9 Å². The van der Waals surface area contributed by atoms with Crippen molar-refractivity contribution in [1.82, 2.24) is 10.2 Å². The van der Waals surface area contributed by atoms with Crippen LogP contribution in [0.15, 0.2) is 78.9 Å². The topological polar surface area (TPSA) is 86.8 Å². The molecular weight excluding hydrogens is 541 g/mol. The molecule has 9 heteroatoms. The Morgan fingerprint density at radius 3 is 2.22 bits per heavy atom. The highest BCUT2D eigenvalue weighted by Gasteiger charge is 2.30. The molecule has 0 bridgehead atoms. The van der Waals surface area contributed by atoms with Gasteiger partial charge < -0.3 is 10.2 Å². The number of carbonyl (C=O) groups is 2. The van der Waals surface area contributed by atoms with Crippen molar-refractivity contribution in [2.45, 2.75) is 52.6 Å². The highest BCUT2D eigenvalue weighted by molar-refractivity contribution is 7.92. The largest absolute Gasteiger partial charge is 0.354 e. The van der Waals surface area contributed by atoms with Gasteiger partial charge in [-0.2, -0.15) is 0 Å². The first-order chi connectivity index (χ1) is 19.4. The lowest BCUT2D eigenvalue weighted by atomic mass is 10.0. The lowest BCUT2D eigenvalue weighted by Crippen LogP contribution is -2.51. The highest BCUT2D eigenvalue weighted by Crippen LogP contribution is 2.21. The van der Waals surface area contributed by atoms with Crippen LogP contribution in [0.5, 0.6) is 0 Å². The first kappa shape index (κ1) is 31.8. The fourth-order valence-electron chi connectivity index (χ4n) is 4.55. The van der Waals surface area contributed by atoms with Gasteiger partial charge in [-0.15, -0.1) is 0 Å². The van der Waals surface area contributed by atoms with Crippen molar-refractivity contribution >= 4 is 27.5 Å². The summed E-state index contributed by atoms with van der Waals surface area (Å²) in [6.07, 6.45) is 1.73. The summed E-state index contributed by atoms with van der Waals surface area (Å²) in [6, 6.07) is 21.7. The fourth-order valence-corrected chi connectivity index (χ4v) is 5.51. The van der Waals surface area contributed by atoms with E-state index in [0.29, 0.717) is 24.2 Å². The van der Waals surface area contributed by atoms with E-state index in [1.807, 2.05) is 57.2 Å². The molecule has 1 unspecified atom stereocenters. The molecule has 0 aliphatic heterocycles. The van der Waals surface area contributed by atoms with Crippen LogP contribution in [0.25, 0.3) is 0 Å². The summed E-state index contributed by atoms with van der Waals surface area (Å²) in [6.45, 7) is 6.56. The van der Waals surface area contributed by atoms with Crippen LogP contribution in [-0.4, -0.2) is 50.5 Å². The molecule has 1 atom stereocenters. The molecule has 3 rings (SSSR count). The summed E-state index contributed by atoms with van der Waals surface area (Å²) in [7, 11) is -3.58. The second kappa shape index (κ2) is 14.8. The maximum absolute atomic E-state index is 13.8. The number of hydrogen-bond acceptors (Lipinski definition) is 4. The van der Waals surface area contributed by atoms with Crippen molar-refractivity contribution in [1.29, 1.82) is 0 Å². The van der Waals surface area contributed by atoms with Crippen molar-refractivity contribution in [2.75, 3.05) is 23.7 Å². The minimum absolute atomic E-state index is 0.0295. The van der Waals surface area contributed by atoms with E-state index in [9.17, 15) is 22.4 Å². The molecular formula is C32H40FN3O4S. The number of hydrogen-bond donors (Lipinski definition) is 1. The summed E-state index contributed by atoms with van der Waals surface area (Å²) in [5, 5.41) is 2.97. The number of sulfonamides is 1. The molecule has 0 aliphatic carbocycles. The van der Waals surface area contributed by atoms with Crippen LogP contribution in [0.1, 0.15) is 43.4 Å². The van der Waals surface area contributed by atoms with Crippen LogP contribution in [-0.2, 0) is 32.6 Å². The molecule has 220 valence electrons. The van der Waals surface area contributed by atoms with E-state index in [0.717, 1.165) is 17.4 Å². The molecule has 41 heavy (non-hydrogen) atoms. The van der Waals surface area contributed by atoms with Gasteiger partial charge in [0, 0.05) is 32.5 Å². The molecule has 3 aromatic rings. The first-order valence-corrected chi connectivity index (χ1v) is 15.7. The average Bonchev–Trinajstić information content (AvgIpc) is 2.92. The van der Waals surface area contributed by atoms with Gasteiger partial charge in [0.25, 0.3) is 0 Å². The normalized spacial score (nSPS) is 12.1. The lowest BCUT2D eigenvalue weighted by Gasteiger charge is -2.32. The van der Waals surface area contributed by atoms with Crippen LogP contribution in [0, 0.1) is 18.7 Å². The summed E-state index contributed by atoms with van der Waals surface area (Å²) < 4.78 is 40.1. The number of rotatable bonds is 14. The number of benzene rings is 3. The zero-order chi connectivity index (χ0) is 30.0. The van der Waals surface area contributed by atoms with Gasteiger partial charge >= 0.3 is 0 Å². The predicted molar refractivity (Wildman–Crippen MR) is 161 cm³/mol. The predicted octanol–water partition coefficient (Wildman–Crippen LogP) is 5.09. The van der Waals surface area contributed by atoms with Crippen LogP contribution in [0.2, 0.25) is 0 Å². The Morgan fingerprint density at radius 2 is 1.61 bits per heavy atom. The quantitative estimate of drug-likeness (QED) is 0.287. The zero-order valence-corrected chi connectivity index (χ0v) is 25.0. The minimum Gasteiger partial charge on any atom is -0.354 e. The highest BCUT2D eigenvalue weighted by atomic mass is 32.2.